The van der Waals surface area contributed by atoms with Gasteiger partial charge in [-0.1, -0.05) is 0 Å². The van der Waals surface area contributed by atoms with Gasteiger partial charge in [0.25, 0.3) is 0 Å². The Morgan fingerprint density at radius 1 is 0.545 bits per heavy atom. The van der Waals surface area contributed by atoms with Crippen molar-refractivity contribution in [3.05, 3.63) is 0 Å². The molecule has 0 bridgehead atoms. The van der Waals surface area contributed by atoms with E-state index in [9.17, 15) is 51.1 Å². The van der Waals surface area contributed by atoms with E-state index in [4.69, 9.17) is 23.7 Å². The lowest BCUT2D eigenvalue weighted by Crippen LogP contribution is -2.66. The molecule has 0 aliphatic carbocycles. The molecular weight excluding hydrogens is 456 g/mol. The molecule has 3 heterocycles. The summed E-state index contributed by atoms with van der Waals surface area (Å²) in [7, 11) is 0. The van der Waals surface area contributed by atoms with Crippen molar-refractivity contribution < 1.29 is 74.7 Å². The van der Waals surface area contributed by atoms with E-state index in [0.717, 1.165) is 0 Å². The summed E-state index contributed by atoms with van der Waals surface area (Å²) in [6, 6.07) is 0. The largest absolute Gasteiger partial charge is 0.394 e. The maximum Gasteiger partial charge on any atom is 0.187 e. The fourth-order valence-electron chi connectivity index (χ4n) is 3.97. The number of aliphatic hydroxyl groups excluding tert-OH is 10. The zero-order valence-corrected chi connectivity index (χ0v) is 17.6. The Bertz CT molecular complexity index is 624. The van der Waals surface area contributed by atoms with Crippen molar-refractivity contribution in [2.45, 2.75) is 99.0 Å². The molecule has 15 nitrogen and oxygen atoms in total. The highest BCUT2D eigenvalue weighted by molar-refractivity contribution is 4.96. The summed E-state index contributed by atoms with van der Waals surface area (Å²) in [4.78, 5) is 0. The first-order valence-electron chi connectivity index (χ1n) is 10.4. The lowest BCUT2D eigenvalue weighted by molar-refractivity contribution is -0.386. The Kier molecular flexibility index (Phi) is 8.99. The molecule has 1 unspecified atom stereocenters. The molecule has 3 fully saturated rings. The van der Waals surface area contributed by atoms with Gasteiger partial charge in [-0.15, -0.1) is 0 Å². The molecule has 0 aromatic heterocycles. The minimum absolute atomic E-state index is 0.747. The van der Waals surface area contributed by atoms with Gasteiger partial charge in [0.05, 0.1) is 19.3 Å². The Morgan fingerprint density at radius 2 is 1.03 bits per heavy atom. The lowest BCUT2D eigenvalue weighted by atomic mass is 9.96. The van der Waals surface area contributed by atoms with Crippen molar-refractivity contribution in [1.82, 2.24) is 0 Å². The summed E-state index contributed by atoms with van der Waals surface area (Å²) in [6.07, 6.45) is -24.1. The summed E-state index contributed by atoms with van der Waals surface area (Å²) in [5.41, 5.74) is 0. The smallest absolute Gasteiger partial charge is 0.187 e. The second-order valence-electron chi connectivity index (χ2n) is 8.32. The van der Waals surface area contributed by atoms with E-state index in [0.29, 0.717) is 0 Å². The van der Waals surface area contributed by atoms with Gasteiger partial charge in [0.15, 0.2) is 18.9 Å². The molecule has 3 saturated heterocycles. The average Bonchev–Trinajstić information content (AvgIpc) is 2.79. The second kappa shape index (κ2) is 11.0. The summed E-state index contributed by atoms with van der Waals surface area (Å²) in [5.74, 6) is 0. The zero-order chi connectivity index (χ0) is 24.6. The highest BCUT2D eigenvalue weighted by atomic mass is 16.8. The third-order valence-corrected chi connectivity index (χ3v) is 6.06. The predicted octanol–water partition coefficient (Wildman–Crippen LogP) is -6.55. The van der Waals surface area contributed by atoms with Crippen molar-refractivity contribution in [3.63, 3.8) is 0 Å². The SMILES string of the molecule is C[C@@H]1O[C@@H](O[C@H]2C(O)O[C@H](CO)[C@@H](O)[C@@H]2O[C@@H]2O[C@H](CO)[C@@H](O)[C@H](O)[C@H]2O)[C@H](O)[C@H](O)[C@H]1O. The summed E-state index contributed by atoms with van der Waals surface area (Å²) < 4.78 is 26.7. The van der Waals surface area contributed by atoms with Crippen LogP contribution >= 0.6 is 0 Å². The van der Waals surface area contributed by atoms with Crippen LogP contribution in [0.25, 0.3) is 0 Å². The Labute approximate surface area is 187 Å². The molecule has 0 spiro atoms. The molecule has 0 saturated carbocycles. The van der Waals surface area contributed by atoms with Crippen LogP contribution in [0.5, 0.6) is 0 Å². The number of rotatable bonds is 6. The third kappa shape index (κ3) is 5.32. The molecule has 194 valence electrons. The Morgan fingerprint density at radius 3 is 1.61 bits per heavy atom. The number of hydrogen-bond acceptors (Lipinski definition) is 15. The van der Waals surface area contributed by atoms with Crippen molar-refractivity contribution >= 4 is 0 Å². The maximum atomic E-state index is 10.6. The molecule has 3 aliphatic rings. The van der Waals surface area contributed by atoms with E-state index in [-0.39, 0.29) is 0 Å². The van der Waals surface area contributed by atoms with Crippen LogP contribution in [0, 0.1) is 0 Å². The normalized spacial score (nSPS) is 53.7. The van der Waals surface area contributed by atoms with E-state index in [1.54, 1.807) is 0 Å². The molecule has 33 heavy (non-hydrogen) atoms. The zero-order valence-electron chi connectivity index (χ0n) is 17.6. The van der Waals surface area contributed by atoms with Gasteiger partial charge in [0, 0.05) is 0 Å². The van der Waals surface area contributed by atoms with Gasteiger partial charge in [-0.25, -0.2) is 0 Å². The summed E-state index contributed by atoms with van der Waals surface area (Å²) >= 11 is 0. The van der Waals surface area contributed by atoms with Crippen LogP contribution in [0.1, 0.15) is 6.92 Å². The average molecular weight is 488 g/mol. The van der Waals surface area contributed by atoms with E-state index in [1.165, 1.54) is 6.92 Å². The molecule has 10 N–H and O–H groups in total. The highest BCUT2D eigenvalue weighted by Crippen LogP contribution is 2.32. The fraction of sp³-hybridized carbons (Fsp3) is 1.00. The van der Waals surface area contributed by atoms with Gasteiger partial charge in [-0.2, -0.15) is 0 Å². The van der Waals surface area contributed by atoms with Gasteiger partial charge in [0.1, 0.15) is 67.1 Å². The molecule has 0 aromatic carbocycles. The first-order chi connectivity index (χ1) is 15.5. The number of hydrogen-bond donors (Lipinski definition) is 10. The Balaban J connectivity index is 1.82. The summed E-state index contributed by atoms with van der Waals surface area (Å²) in [5, 5.41) is 100.0. The standard InChI is InChI=1S/C18H32O15/c1-4-7(21)10(24)12(26)17(29-4)33-15-14(9(23)6(3-20)30-16(15)28)32-18-13(27)11(25)8(22)5(2-19)31-18/h4-28H,2-3H2,1H3/t4-,5+,6+,7-,8+,9+,10+,11-,12+,13+,14-,15+,16?,17-,18-/m0/s1. The van der Waals surface area contributed by atoms with E-state index >= 15 is 0 Å². The predicted molar refractivity (Wildman–Crippen MR) is 99.8 cm³/mol. The number of ether oxygens (including phenoxy) is 5. The molecule has 0 aromatic rings. The molecule has 0 radical (unpaired) electrons. The molecule has 15 heteroatoms. The third-order valence-electron chi connectivity index (χ3n) is 6.06. The molecule has 0 amide bonds. The second-order valence-corrected chi connectivity index (χ2v) is 8.32. The van der Waals surface area contributed by atoms with E-state index < -0.39 is 105 Å². The van der Waals surface area contributed by atoms with Crippen LogP contribution in [0.3, 0.4) is 0 Å². The Hall–Kier alpha value is -0.600. The van der Waals surface area contributed by atoms with Crippen LogP contribution in [-0.4, -0.2) is 156 Å². The summed E-state index contributed by atoms with van der Waals surface area (Å²) in [6.45, 7) is -0.115. The van der Waals surface area contributed by atoms with Gasteiger partial charge in [0.2, 0.25) is 0 Å². The van der Waals surface area contributed by atoms with Gasteiger partial charge < -0.3 is 74.7 Å². The first kappa shape index (κ1) is 27.0. The van der Waals surface area contributed by atoms with Crippen molar-refractivity contribution in [2.75, 3.05) is 13.2 Å². The van der Waals surface area contributed by atoms with Crippen LogP contribution in [0.4, 0.5) is 0 Å². The quantitative estimate of drug-likeness (QED) is 0.167. The lowest BCUT2D eigenvalue weighted by Gasteiger charge is -2.48. The van der Waals surface area contributed by atoms with Crippen LogP contribution in [0.2, 0.25) is 0 Å². The molecular formula is C18H32O15. The minimum atomic E-state index is -1.88. The molecule has 3 rings (SSSR count). The fourth-order valence-corrected chi connectivity index (χ4v) is 3.97. The van der Waals surface area contributed by atoms with E-state index in [2.05, 4.69) is 0 Å². The molecule has 15 atom stereocenters. The topological polar surface area (TPSA) is 248 Å². The monoisotopic (exact) mass is 488 g/mol. The van der Waals surface area contributed by atoms with E-state index in [1.807, 2.05) is 0 Å². The van der Waals surface area contributed by atoms with Gasteiger partial charge in [-0.3, -0.25) is 0 Å². The van der Waals surface area contributed by atoms with Crippen molar-refractivity contribution in [3.8, 4) is 0 Å². The van der Waals surface area contributed by atoms with Crippen LogP contribution in [-0.2, 0) is 23.7 Å². The highest BCUT2D eigenvalue weighted by Gasteiger charge is 2.53. The number of aliphatic hydroxyl groups is 10. The van der Waals surface area contributed by atoms with Crippen LogP contribution in [0.15, 0.2) is 0 Å². The van der Waals surface area contributed by atoms with Crippen molar-refractivity contribution in [2.24, 2.45) is 0 Å². The maximum absolute atomic E-state index is 10.6. The first-order valence-corrected chi connectivity index (χ1v) is 10.4. The van der Waals surface area contributed by atoms with Crippen LogP contribution < -0.4 is 0 Å². The van der Waals surface area contributed by atoms with Gasteiger partial charge >= 0.3 is 0 Å². The minimum Gasteiger partial charge on any atom is -0.394 e. The molecule has 3 aliphatic heterocycles. The van der Waals surface area contributed by atoms with Crippen molar-refractivity contribution in [1.29, 1.82) is 0 Å². The van der Waals surface area contributed by atoms with Gasteiger partial charge in [-0.05, 0) is 6.92 Å².